The molecule has 8 heteroatoms. The van der Waals surface area contributed by atoms with E-state index in [4.69, 9.17) is 0 Å². The van der Waals surface area contributed by atoms with Crippen molar-refractivity contribution < 1.29 is 9.18 Å². The predicted octanol–water partition coefficient (Wildman–Crippen LogP) is 2.31. The van der Waals surface area contributed by atoms with Crippen molar-refractivity contribution in [2.45, 2.75) is 45.6 Å². The Morgan fingerprint density at radius 2 is 2.24 bits per heavy atom. The molecule has 0 spiro atoms. The van der Waals surface area contributed by atoms with Crippen LogP contribution >= 0.6 is 0 Å². The van der Waals surface area contributed by atoms with E-state index < -0.39 is 5.82 Å². The van der Waals surface area contributed by atoms with Gasteiger partial charge in [-0.05, 0) is 61.2 Å². The Balaban J connectivity index is 1.69. The topological polar surface area (TPSA) is 75.9 Å². The Labute approximate surface area is 146 Å². The molecule has 2 aromatic rings. The van der Waals surface area contributed by atoms with Crippen molar-refractivity contribution in [3.63, 3.8) is 0 Å². The van der Waals surface area contributed by atoms with E-state index in [0.29, 0.717) is 17.6 Å². The summed E-state index contributed by atoms with van der Waals surface area (Å²) in [5.74, 6) is 0.150. The summed E-state index contributed by atoms with van der Waals surface area (Å²) >= 11 is 0. The minimum Gasteiger partial charge on any atom is -0.376 e. The van der Waals surface area contributed by atoms with Gasteiger partial charge in [-0.3, -0.25) is 4.79 Å². The minimum atomic E-state index is -0.422. The average molecular weight is 346 g/mol. The Kier molecular flexibility index (Phi) is 5.25. The number of aryl methyl sites for hydroxylation is 1. The van der Waals surface area contributed by atoms with Gasteiger partial charge in [0.05, 0.1) is 6.54 Å². The van der Waals surface area contributed by atoms with E-state index in [1.807, 2.05) is 4.90 Å². The van der Waals surface area contributed by atoms with Gasteiger partial charge >= 0.3 is 0 Å². The van der Waals surface area contributed by atoms with Gasteiger partial charge in [0.15, 0.2) is 5.82 Å². The molecule has 1 aliphatic rings. The number of nitrogens with one attached hydrogen (secondary N) is 1. The van der Waals surface area contributed by atoms with E-state index in [9.17, 15) is 9.18 Å². The largest absolute Gasteiger partial charge is 0.376 e. The fourth-order valence-corrected chi connectivity index (χ4v) is 3.27. The third-order valence-electron chi connectivity index (χ3n) is 4.66. The number of hydrogen-bond donors (Lipinski definition) is 1. The normalized spacial score (nSPS) is 17.6. The van der Waals surface area contributed by atoms with E-state index in [1.165, 1.54) is 17.2 Å². The zero-order chi connectivity index (χ0) is 17.8. The quantitative estimate of drug-likeness (QED) is 0.899. The summed E-state index contributed by atoms with van der Waals surface area (Å²) in [4.78, 5) is 14.5. The number of amides is 1. The van der Waals surface area contributed by atoms with Gasteiger partial charge in [-0.2, -0.15) is 4.68 Å². The highest BCUT2D eigenvalue weighted by Crippen LogP contribution is 2.21. The Hall–Kier alpha value is -2.51. The van der Waals surface area contributed by atoms with Crippen molar-refractivity contribution in [3.8, 4) is 5.69 Å². The van der Waals surface area contributed by atoms with Gasteiger partial charge in [0.2, 0.25) is 5.91 Å². The summed E-state index contributed by atoms with van der Waals surface area (Å²) in [5, 5.41) is 14.2. The molecule has 1 N–H and O–H groups in total. The standard InChI is InChI=1S/C17H23FN6O/c1-3-14-6-4-5-9-23(14)17(25)11-19-13-7-8-15(18)16(10-13)24-12(2)20-21-22-24/h7-8,10,14,19H,3-6,9,11H2,1-2H3/t14-/m0/s1. The average Bonchev–Trinajstić information content (AvgIpc) is 3.06. The number of carbonyl (C=O) groups is 1. The van der Waals surface area contributed by atoms with Gasteiger partial charge < -0.3 is 10.2 Å². The van der Waals surface area contributed by atoms with Crippen molar-refractivity contribution in [1.82, 2.24) is 25.1 Å². The molecule has 1 fully saturated rings. The second kappa shape index (κ2) is 7.58. The van der Waals surface area contributed by atoms with Crippen molar-refractivity contribution in [2.24, 2.45) is 0 Å². The van der Waals surface area contributed by atoms with Gasteiger partial charge in [0.1, 0.15) is 11.5 Å². The summed E-state index contributed by atoms with van der Waals surface area (Å²) in [5.41, 5.74) is 0.911. The monoisotopic (exact) mass is 346 g/mol. The van der Waals surface area contributed by atoms with Crippen LogP contribution in [0.15, 0.2) is 18.2 Å². The van der Waals surface area contributed by atoms with Crippen molar-refractivity contribution in [3.05, 3.63) is 29.8 Å². The molecule has 0 aliphatic carbocycles. The van der Waals surface area contributed by atoms with Gasteiger partial charge in [-0.25, -0.2) is 4.39 Å². The smallest absolute Gasteiger partial charge is 0.242 e. The molecule has 2 heterocycles. The van der Waals surface area contributed by atoms with Gasteiger partial charge in [-0.15, -0.1) is 5.10 Å². The zero-order valence-electron chi connectivity index (χ0n) is 14.6. The summed E-state index contributed by atoms with van der Waals surface area (Å²) in [6, 6.07) is 4.90. The molecule has 0 radical (unpaired) electrons. The summed E-state index contributed by atoms with van der Waals surface area (Å²) in [6.07, 6.45) is 4.29. The first-order chi connectivity index (χ1) is 12.1. The number of hydrogen-bond acceptors (Lipinski definition) is 5. The first kappa shape index (κ1) is 17.3. The SMILES string of the molecule is CC[C@H]1CCCCN1C(=O)CNc1ccc(F)c(-n2nnnc2C)c1. The highest BCUT2D eigenvalue weighted by atomic mass is 19.1. The lowest BCUT2D eigenvalue weighted by Gasteiger charge is -2.35. The lowest BCUT2D eigenvalue weighted by Crippen LogP contribution is -2.45. The van der Waals surface area contributed by atoms with Crippen LogP contribution in [-0.2, 0) is 4.79 Å². The number of rotatable bonds is 5. The lowest BCUT2D eigenvalue weighted by atomic mass is 10.00. The van der Waals surface area contributed by atoms with Crippen LogP contribution in [0, 0.1) is 12.7 Å². The number of aromatic nitrogens is 4. The first-order valence-corrected chi connectivity index (χ1v) is 8.68. The molecule has 1 atom stereocenters. The molecule has 1 aliphatic heterocycles. The molecule has 1 saturated heterocycles. The highest BCUT2D eigenvalue weighted by Gasteiger charge is 2.24. The van der Waals surface area contributed by atoms with Crippen molar-refractivity contribution in [2.75, 3.05) is 18.4 Å². The molecule has 1 aromatic carbocycles. The number of tetrazole rings is 1. The number of likely N-dealkylation sites (tertiary alicyclic amines) is 1. The Morgan fingerprint density at radius 1 is 1.40 bits per heavy atom. The molecule has 25 heavy (non-hydrogen) atoms. The summed E-state index contributed by atoms with van der Waals surface area (Å²) in [7, 11) is 0. The second-order valence-electron chi connectivity index (χ2n) is 6.30. The molecule has 1 amide bonds. The molecule has 3 rings (SSSR count). The molecule has 0 saturated carbocycles. The van der Waals surface area contributed by atoms with Crippen LogP contribution in [0.4, 0.5) is 10.1 Å². The summed E-state index contributed by atoms with van der Waals surface area (Å²) in [6.45, 7) is 4.82. The molecule has 134 valence electrons. The second-order valence-corrected chi connectivity index (χ2v) is 6.30. The number of nitrogens with zero attached hydrogens (tertiary/aromatic N) is 5. The van der Waals surface area contributed by atoms with E-state index in [-0.39, 0.29) is 18.1 Å². The number of piperidine rings is 1. The first-order valence-electron chi connectivity index (χ1n) is 8.68. The number of benzene rings is 1. The van der Waals surface area contributed by atoms with Crippen LogP contribution in [0.5, 0.6) is 0 Å². The van der Waals surface area contributed by atoms with Crippen LogP contribution in [0.2, 0.25) is 0 Å². The minimum absolute atomic E-state index is 0.0797. The fourth-order valence-electron chi connectivity index (χ4n) is 3.27. The van der Waals surface area contributed by atoms with Crippen molar-refractivity contribution >= 4 is 11.6 Å². The van der Waals surface area contributed by atoms with Crippen LogP contribution < -0.4 is 5.32 Å². The molecule has 7 nitrogen and oxygen atoms in total. The van der Waals surface area contributed by atoms with Gasteiger partial charge in [0, 0.05) is 18.3 Å². The fraction of sp³-hybridized carbons (Fsp3) is 0.529. The van der Waals surface area contributed by atoms with E-state index >= 15 is 0 Å². The number of halogens is 1. The Bertz CT molecular complexity index is 746. The van der Waals surface area contributed by atoms with Gasteiger partial charge in [-0.1, -0.05) is 6.92 Å². The van der Waals surface area contributed by atoms with Crippen LogP contribution in [-0.4, -0.2) is 50.1 Å². The number of anilines is 1. The predicted molar refractivity (Wildman–Crippen MR) is 92.0 cm³/mol. The van der Waals surface area contributed by atoms with E-state index in [2.05, 4.69) is 27.8 Å². The maximum Gasteiger partial charge on any atom is 0.242 e. The third-order valence-corrected chi connectivity index (χ3v) is 4.66. The summed E-state index contributed by atoms with van der Waals surface area (Å²) < 4.78 is 15.4. The van der Waals surface area contributed by atoms with Crippen LogP contribution in [0.1, 0.15) is 38.4 Å². The Morgan fingerprint density at radius 3 is 2.96 bits per heavy atom. The number of carbonyl (C=O) groups excluding carboxylic acids is 1. The molecular formula is C17H23FN6O. The van der Waals surface area contributed by atoms with Gasteiger partial charge in [0.25, 0.3) is 0 Å². The molecular weight excluding hydrogens is 323 g/mol. The van der Waals surface area contributed by atoms with Crippen LogP contribution in [0.25, 0.3) is 5.69 Å². The van der Waals surface area contributed by atoms with E-state index in [0.717, 1.165) is 25.8 Å². The zero-order valence-corrected chi connectivity index (χ0v) is 14.6. The molecule has 0 bridgehead atoms. The van der Waals surface area contributed by atoms with Crippen molar-refractivity contribution in [1.29, 1.82) is 0 Å². The lowest BCUT2D eigenvalue weighted by molar-refractivity contribution is -0.133. The molecule has 1 aromatic heterocycles. The van der Waals surface area contributed by atoms with E-state index in [1.54, 1.807) is 19.1 Å². The molecule has 0 unspecified atom stereocenters. The van der Waals surface area contributed by atoms with Crippen LogP contribution in [0.3, 0.4) is 0 Å². The maximum atomic E-state index is 14.1. The third kappa shape index (κ3) is 3.78. The highest BCUT2D eigenvalue weighted by molar-refractivity contribution is 5.81. The maximum absolute atomic E-state index is 14.1.